The van der Waals surface area contributed by atoms with Crippen LogP contribution in [0.4, 0.5) is 0 Å². The summed E-state index contributed by atoms with van der Waals surface area (Å²) in [6.45, 7) is 5.68. The van der Waals surface area contributed by atoms with Crippen LogP contribution in [0.5, 0.6) is 0 Å². The fourth-order valence-electron chi connectivity index (χ4n) is 4.20. The lowest BCUT2D eigenvalue weighted by Crippen LogP contribution is -2.41. The lowest BCUT2D eigenvalue weighted by Gasteiger charge is -2.29. The van der Waals surface area contributed by atoms with Crippen molar-refractivity contribution in [2.45, 2.75) is 103 Å². The minimum absolute atomic E-state index is 0.0913. The minimum Gasteiger partial charge on any atom is -0.463 e. The van der Waals surface area contributed by atoms with E-state index in [0.29, 0.717) is 26.2 Å². The second kappa shape index (κ2) is 21.6. The molecule has 200 valence electrons. The fourth-order valence-corrected chi connectivity index (χ4v) is 4.20. The van der Waals surface area contributed by atoms with Gasteiger partial charge in [0.15, 0.2) is 0 Å². The average Bonchev–Trinajstić information content (AvgIpc) is 2.84. The molecule has 4 nitrogen and oxygen atoms in total. The van der Waals surface area contributed by atoms with Crippen LogP contribution in [-0.4, -0.2) is 50.9 Å². The molecule has 0 saturated carbocycles. The van der Waals surface area contributed by atoms with Crippen LogP contribution in [-0.2, 0) is 20.8 Å². The Morgan fingerprint density at radius 1 is 0.771 bits per heavy atom. The fraction of sp³-hybridized carbons (Fsp3) is 0.710. The smallest absolute Gasteiger partial charge is 0.305 e. The third-order valence-corrected chi connectivity index (χ3v) is 6.43. The van der Waals surface area contributed by atoms with Crippen LogP contribution in [0.15, 0.2) is 42.5 Å². The number of hydrogen-bond donors (Lipinski definition) is 0. The molecule has 0 saturated heterocycles. The minimum atomic E-state index is -0.0913. The second-order valence-corrected chi connectivity index (χ2v) is 10.5. The molecule has 0 heterocycles. The number of rotatable bonds is 23. The number of hydrogen-bond acceptors (Lipinski definition) is 3. The van der Waals surface area contributed by atoms with Gasteiger partial charge in [0.05, 0.1) is 27.3 Å². The number of unbranched alkanes of at least 4 members (excludes halogenated alkanes) is 11. The summed E-state index contributed by atoms with van der Waals surface area (Å²) in [6, 6.07) is 10.5. The van der Waals surface area contributed by atoms with Gasteiger partial charge in [0.2, 0.25) is 0 Å². The van der Waals surface area contributed by atoms with Gasteiger partial charge < -0.3 is 14.0 Å². The summed E-state index contributed by atoms with van der Waals surface area (Å²) in [5.74, 6) is -0.0913. The van der Waals surface area contributed by atoms with Crippen LogP contribution in [0, 0.1) is 0 Å². The summed E-state index contributed by atoms with van der Waals surface area (Å²) in [6.07, 6.45) is 21.7. The molecule has 0 bridgehead atoms. The Morgan fingerprint density at radius 2 is 1.37 bits per heavy atom. The molecule has 0 unspecified atom stereocenters. The predicted molar refractivity (Wildman–Crippen MR) is 148 cm³/mol. The largest absolute Gasteiger partial charge is 0.463 e. The maximum Gasteiger partial charge on any atom is 0.305 e. The Kier molecular flexibility index (Phi) is 19.4. The molecular weight excluding hydrogens is 434 g/mol. The molecule has 0 aromatic heterocycles. The van der Waals surface area contributed by atoms with Crippen molar-refractivity contribution < 1.29 is 18.8 Å². The first-order chi connectivity index (χ1) is 17.0. The molecule has 0 radical (unpaired) electrons. The summed E-state index contributed by atoms with van der Waals surface area (Å²) >= 11 is 0. The van der Waals surface area contributed by atoms with Crippen LogP contribution in [0.1, 0.15) is 102 Å². The molecule has 1 rings (SSSR count). The maximum absolute atomic E-state index is 11.9. The Hall–Kier alpha value is -1.65. The Balaban J connectivity index is 1.85. The highest BCUT2D eigenvalue weighted by atomic mass is 16.6. The van der Waals surface area contributed by atoms with Crippen molar-refractivity contribution in [2.75, 3.05) is 40.5 Å². The number of carbonyl (C=O) groups excluding carboxylic acids is 1. The average molecular weight is 489 g/mol. The van der Waals surface area contributed by atoms with E-state index < -0.39 is 0 Å². The summed E-state index contributed by atoms with van der Waals surface area (Å²) in [5.41, 5.74) is 1.34. The Labute approximate surface area is 216 Å². The second-order valence-electron chi connectivity index (χ2n) is 10.5. The highest BCUT2D eigenvalue weighted by molar-refractivity contribution is 5.69. The number of carbonyl (C=O) groups is 1. The van der Waals surface area contributed by atoms with Crippen molar-refractivity contribution in [3.05, 3.63) is 48.0 Å². The molecule has 0 aliphatic carbocycles. The molecule has 1 aromatic carbocycles. The van der Waals surface area contributed by atoms with Gasteiger partial charge in [0.1, 0.15) is 19.7 Å². The van der Waals surface area contributed by atoms with Crippen molar-refractivity contribution in [2.24, 2.45) is 0 Å². The van der Waals surface area contributed by atoms with Crippen molar-refractivity contribution in [1.29, 1.82) is 0 Å². The molecule has 0 N–H and O–H groups in total. The first kappa shape index (κ1) is 31.4. The van der Waals surface area contributed by atoms with E-state index in [1.54, 1.807) is 0 Å². The van der Waals surface area contributed by atoms with Gasteiger partial charge >= 0.3 is 5.97 Å². The van der Waals surface area contributed by atoms with Gasteiger partial charge in [-0.2, -0.15) is 0 Å². The first-order valence-corrected chi connectivity index (χ1v) is 14.3. The van der Waals surface area contributed by atoms with Gasteiger partial charge in [-0.25, -0.2) is 0 Å². The SMILES string of the molecule is CCCCCCCCC=CCCCCCCCC(=O)OCCOCC[N+](C)(C)Cc1ccccc1. The van der Waals surface area contributed by atoms with Crippen LogP contribution in [0.3, 0.4) is 0 Å². The van der Waals surface area contributed by atoms with Crippen LogP contribution < -0.4 is 0 Å². The third kappa shape index (κ3) is 20.3. The van der Waals surface area contributed by atoms with Crippen molar-refractivity contribution >= 4 is 5.97 Å². The van der Waals surface area contributed by atoms with E-state index >= 15 is 0 Å². The van der Waals surface area contributed by atoms with Gasteiger partial charge in [-0.3, -0.25) is 4.79 Å². The summed E-state index contributed by atoms with van der Waals surface area (Å²) in [7, 11) is 4.43. The topological polar surface area (TPSA) is 35.5 Å². The molecule has 35 heavy (non-hydrogen) atoms. The van der Waals surface area contributed by atoms with Crippen LogP contribution in [0.2, 0.25) is 0 Å². The van der Waals surface area contributed by atoms with E-state index in [0.717, 1.165) is 30.4 Å². The molecule has 4 heteroatoms. The van der Waals surface area contributed by atoms with Crippen molar-refractivity contribution in [3.63, 3.8) is 0 Å². The highest BCUT2D eigenvalue weighted by Crippen LogP contribution is 2.11. The number of allylic oxidation sites excluding steroid dienone is 2. The lowest BCUT2D eigenvalue weighted by atomic mass is 10.1. The quantitative estimate of drug-likeness (QED) is 0.0680. The molecule has 0 atom stereocenters. The summed E-state index contributed by atoms with van der Waals surface area (Å²) in [5, 5.41) is 0. The standard InChI is InChI=1S/C31H54NO3/c1-4-5-6-7-8-9-10-11-12-13-14-15-16-17-21-24-31(33)35-28-27-34-26-25-32(2,3)29-30-22-19-18-20-23-30/h11-12,18-20,22-23H,4-10,13-17,21,24-29H2,1-3H3/q+1. The van der Waals surface area contributed by atoms with Gasteiger partial charge in [0.25, 0.3) is 0 Å². The normalized spacial score (nSPS) is 11.9. The number of ether oxygens (including phenoxy) is 2. The van der Waals surface area contributed by atoms with E-state index in [4.69, 9.17) is 9.47 Å². The number of nitrogens with zero attached hydrogens (tertiary/aromatic N) is 1. The summed E-state index contributed by atoms with van der Waals surface area (Å²) in [4.78, 5) is 11.9. The number of benzene rings is 1. The summed E-state index contributed by atoms with van der Waals surface area (Å²) < 4.78 is 11.9. The molecule has 0 spiro atoms. The molecule has 0 aliphatic heterocycles. The number of esters is 1. The van der Waals surface area contributed by atoms with Crippen molar-refractivity contribution in [3.8, 4) is 0 Å². The van der Waals surface area contributed by atoms with E-state index in [1.165, 1.54) is 76.2 Å². The van der Waals surface area contributed by atoms with Crippen molar-refractivity contribution in [1.82, 2.24) is 0 Å². The Bertz CT molecular complexity index is 642. The third-order valence-electron chi connectivity index (χ3n) is 6.43. The molecule has 0 amide bonds. The van der Waals surface area contributed by atoms with Gasteiger partial charge in [-0.05, 0) is 32.1 Å². The van der Waals surface area contributed by atoms with Crippen LogP contribution >= 0.6 is 0 Å². The van der Waals surface area contributed by atoms with Gasteiger partial charge in [-0.15, -0.1) is 0 Å². The monoisotopic (exact) mass is 488 g/mol. The molecule has 1 aromatic rings. The number of likely N-dealkylation sites (N-methyl/N-ethyl adjacent to an activating group) is 1. The lowest BCUT2D eigenvalue weighted by molar-refractivity contribution is -0.904. The molecule has 0 fully saturated rings. The zero-order valence-electron chi connectivity index (χ0n) is 23.1. The van der Waals surface area contributed by atoms with E-state index in [2.05, 4.69) is 57.4 Å². The zero-order valence-corrected chi connectivity index (χ0v) is 23.1. The molecule has 0 aliphatic rings. The van der Waals surface area contributed by atoms with E-state index in [1.807, 2.05) is 6.07 Å². The van der Waals surface area contributed by atoms with Gasteiger partial charge in [-0.1, -0.05) is 101 Å². The molecular formula is C31H54NO3+. The zero-order chi connectivity index (χ0) is 25.5. The maximum atomic E-state index is 11.9. The highest BCUT2D eigenvalue weighted by Gasteiger charge is 2.15. The number of quaternary nitrogens is 1. The van der Waals surface area contributed by atoms with Crippen LogP contribution in [0.25, 0.3) is 0 Å². The van der Waals surface area contributed by atoms with Gasteiger partial charge in [0, 0.05) is 12.0 Å². The predicted octanol–water partition coefficient (Wildman–Crippen LogP) is 7.86. The Morgan fingerprint density at radius 3 is 2.03 bits per heavy atom. The first-order valence-electron chi connectivity index (χ1n) is 14.3. The van der Waals surface area contributed by atoms with E-state index in [9.17, 15) is 4.79 Å². The van der Waals surface area contributed by atoms with E-state index in [-0.39, 0.29) is 5.97 Å².